The van der Waals surface area contributed by atoms with Crippen LogP contribution in [-0.4, -0.2) is 0 Å². The van der Waals surface area contributed by atoms with Crippen LogP contribution >= 0.6 is 0 Å². The summed E-state index contributed by atoms with van der Waals surface area (Å²) in [6, 6.07) is 4.42. The molecule has 0 unspecified atom stereocenters. The summed E-state index contributed by atoms with van der Waals surface area (Å²) in [4.78, 5) is 0. The fourth-order valence-corrected chi connectivity index (χ4v) is 1.94. The highest BCUT2D eigenvalue weighted by atomic mass is 14.1. The number of aryl methyl sites for hydroxylation is 2. The van der Waals surface area contributed by atoms with E-state index in [1.165, 1.54) is 47.9 Å². The Morgan fingerprint density at radius 3 is 2.38 bits per heavy atom. The summed E-state index contributed by atoms with van der Waals surface area (Å²) in [5, 5.41) is 0. The van der Waals surface area contributed by atoms with Gasteiger partial charge in [0.15, 0.2) is 0 Å². The smallest absolute Gasteiger partial charge is 0.0199 e. The van der Waals surface area contributed by atoms with Gasteiger partial charge in [0.25, 0.3) is 0 Å². The van der Waals surface area contributed by atoms with Crippen LogP contribution in [0.1, 0.15) is 54.9 Å². The van der Waals surface area contributed by atoms with Crippen LogP contribution in [-0.2, 0) is 0 Å². The van der Waals surface area contributed by atoms with Crippen LogP contribution in [0.2, 0.25) is 0 Å². The van der Waals surface area contributed by atoms with E-state index in [1.807, 2.05) is 0 Å². The topological polar surface area (TPSA) is 0 Å². The van der Waals surface area contributed by atoms with Gasteiger partial charge in [0, 0.05) is 0 Å². The number of benzene rings is 1. The van der Waals surface area contributed by atoms with Gasteiger partial charge in [-0.25, -0.2) is 0 Å². The third-order valence-corrected chi connectivity index (χ3v) is 3.26. The van der Waals surface area contributed by atoms with Gasteiger partial charge in [-0.3, -0.25) is 0 Å². The van der Waals surface area contributed by atoms with Gasteiger partial charge in [0.2, 0.25) is 0 Å². The van der Waals surface area contributed by atoms with Crippen molar-refractivity contribution in [3.05, 3.63) is 40.5 Å². The lowest BCUT2D eigenvalue weighted by atomic mass is 9.98. The van der Waals surface area contributed by atoms with Gasteiger partial charge < -0.3 is 0 Å². The molecule has 0 atom stereocenters. The van der Waals surface area contributed by atoms with Crippen molar-refractivity contribution in [3.8, 4) is 0 Å². The molecule has 0 nitrogen and oxygen atoms in total. The van der Waals surface area contributed by atoms with E-state index in [0.29, 0.717) is 0 Å². The summed E-state index contributed by atoms with van der Waals surface area (Å²) in [6.45, 7) is 8.84. The lowest BCUT2D eigenvalue weighted by molar-refractivity contribution is 0.730. The van der Waals surface area contributed by atoms with E-state index in [9.17, 15) is 0 Å². The number of rotatable bonds is 5. The molecule has 0 bridgehead atoms. The van der Waals surface area contributed by atoms with Gasteiger partial charge in [0.1, 0.15) is 0 Å². The Kier molecular flexibility index (Phi) is 5.31. The monoisotopic (exact) mass is 216 g/mol. The van der Waals surface area contributed by atoms with Gasteiger partial charge in [-0.2, -0.15) is 0 Å². The first-order valence-electron chi connectivity index (χ1n) is 6.40. The standard InChI is InChI=1S/C16H24/c1-5-6-7-8-9-10-16-14(3)12-11-13(2)15(16)4/h9-12H,5-8H2,1-4H3. The van der Waals surface area contributed by atoms with E-state index in [-0.39, 0.29) is 0 Å². The predicted molar refractivity (Wildman–Crippen MR) is 73.8 cm³/mol. The minimum absolute atomic E-state index is 1.21. The maximum atomic E-state index is 2.32. The molecule has 0 aliphatic heterocycles. The maximum absolute atomic E-state index is 2.32. The van der Waals surface area contributed by atoms with E-state index in [4.69, 9.17) is 0 Å². The third kappa shape index (κ3) is 3.52. The third-order valence-electron chi connectivity index (χ3n) is 3.26. The Hall–Kier alpha value is -1.04. The van der Waals surface area contributed by atoms with Crippen molar-refractivity contribution in [1.29, 1.82) is 0 Å². The van der Waals surface area contributed by atoms with Gasteiger partial charge in [-0.1, -0.05) is 44.1 Å². The van der Waals surface area contributed by atoms with Crippen molar-refractivity contribution in [3.63, 3.8) is 0 Å². The molecule has 1 rings (SSSR count). The molecule has 0 heterocycles. The quantitative estimate of drug-likeness (QED) is 0.593. The largest absolute Gasteiger partial charge is 0.0839 e. The SMILES string of the molecule is CCCCCC=Cc1c(C)ccc(C)c1C. The maximum Gasteiger partial charge on any atom is -0.0199 e. The van der Waals surface area contributed by atoms with E-state index < -0.39 is 0 Å². The first-order valence-corrected chi connectivity index (χ1v) is 6.40. The highest BCUT2D eigenvalue weighted by molar-refractivity contribution is 5.59. The Balaban J connectivity index is 2.69. The van der Waals surface area contributed by atoms with Gasteiger partial charge in [-0.15, -0.1) is 0 Å². The van der Waals surface area contributed by atoms with Crippen molar-refractivity contribution < 1.29 is 0 Å². The molecule has 0 saturated carbocycles. The van der Waals surface area contributed by atoms with Crippen LogP contribution in [0.5, 0.6) is 0 Å². The van der Waals surface area contributed by atoms with Crippen LogP contribution in [0.15, 0.2) is 18.2 Å². The summed E-state index contributed by atoms with van der Waals surface area (Å²) in [5.74, 6) is 0. The van der Waals surface area contributed by atoms with Crippen LogP contribution in [0.4, 0.5) is 0 Å². The summed E-state index contributed by atoms with van der Waals surface area (Å²) < 4.78 is 0. The number of hydrogen-bond acceptors (Lipinski definition) is 0. The molecule has 0 aromatic heterocycles. The normalized spacial score (nSPS) is 11.2. The highest BCUT2D eigenvalue weighted by Crippen LogP contribution is 2.19. The molecule has 0 spiro atoms. The van der Waals surface area contributed by atoms with Gasteiger partial charge in [-0.05, 0) is 55.9 Å². The molecule has 0 heteroatoms. The second kappa shape index (κ2) is 6.52. The van der Waals surface area contributed by atoms with Gasteiger partial charge in [0.05, 0.1) is 0 Å². The molecular formula is C16H24. The Labute approximate surface area is 100 Å². The first-order chi connectivity index (χ1) is 7.66. The summed E-state index contributed by atoms with van der Waals surface area (Å²) in [7, 11) is 0. The van der Waals surface area contributed by atoms with Crippen molar-refractivity contribution in [1.82, 2.24) is 0 Å². The van der Waals surface area contributed by atoms with E-state index >= 15 is 0 Å². The number of unbranched alkanes of at least 4 members (excludes halogenated alkanes) is 3. The van der Waals surface area contributed by atoms with Crippen molar-refractivity contribution >= 4 is 6.08 Å². The van der Waals surface area contributed by atoms with Crippen LogP contribution in [0.25, 0.3) is 6.08 Å². The summed E-state index contributed by atoms with van der Waals surface area (Å²) >= 11 is 0. The molecule has 0 amide bonds. The minimum Gasteiger partial charge on any atom is -0.0839 e. The zero-order valence-electron chi connectivity index (χ0n) is 11.1. The molecule has 0 aliphatic rings. The molecule has 1 aromatic rings. The Morgan fingerprint density at radius 1 is 1.00 bits per heavy atom. The highest BCUT2D eigenvalue weighted by Gasteiger charge is 2.00. The molecule has 0 radical (unpaired) electrons. The number of hydrogen-bond donors (Lipinski definition) is 0. The summed E-state index contributed by atoms with van der Waals surface area (Å²) in [6.07, 6.45) is 9.79. The molecule has 0 saturated heterocycles. The molecular weight excluding hydrogens is 192 g/mol. The summed E-state index contributed by atoms with van der Waals surface area (Å²) in [5.41, 5.74) is 5.61. The fourth-order valence-electron chi connectivity index (χ4n) is 1.94. The zero-order valence-corrected chi connectivity index (χ0v) is 11.1. The minimum atomic E-state index is 1.21. The Bertz CT molecular complexity index is 359. The first kappa shape index (κ1) is 13.0. The van der Waals surface area contributed by atoms with Gasteiger partial charge >= 0.3 is 0 Å². The van der Waals surface area contributed by atoms with E-state index in [1.54, 1.807) is 0 Å². The molecule has 0 N–H and O–H groups in total. The second-order valence-corrected chi connectivity index (χ2v) is 4.64. The van der Waals surface area contributed by atoms with Crippen LogP contribution < -0.4 is 0 Å². The lowest BCUT2D eigenvalue weighted by Gasteiger charge is -2.08. The molecule has 1 aromatic carbocycles. The average molecular weight is 216 g/mol. The average Bonchev–Trinajstić information content (AvgIpc) is 2.28. The molecule has 88 valence electrons. The van der Waals surface area contributed by atoms with Crippen molar-refractivity contribution in [2.24, 2.45) is 0 Å². The zero-order chi connectivity index (χ0) is 12.0. The molecule has 16 heavy (non-hydrogen) atoms. The van der Waals surface area contributed by atoms with Crippen LogP contribution in [0, 0.1) is 20.8 Å². The fraction of sp³-hybridized carbons (Fsp3) is 0.500. The molecule has 0 fully saturated rings. The van der Waals surface area contributed by atoms with Crippen molar-refractivity contribution in [2.45, 2.75) is 53.4 Å². The van der Waals surface area contributed by atoms with Crippen LogP contribution in [0.3, 0.4) is 0 Å². The van der Waals surface area contributed by atoms with Crippen molar-refractivity contribution in [2.75, 3.05) is 0 Å². The second-order valence-electron chi connectivity index (χ2n) is 4.64. The molecule has 0 aliphatic carbocycles. The lowest BCUT2D eigenvalue weighted by Crippen LogP contribution is -1.89. The Morgan fingerprint density at radius 2 is 1.69 bits per heavy atom. The van der Waals surface area contributed by atoms with E-state index in [2.05, 4.69) is 52.0 Å². The van der Waals surface area contributed by atoms with E-state index in [0.717, 1.165) is 0 Å². The predicted octanol–water partition coefficient (Wildman–Crippen LogP) is 5.21. The number of allylic oxidation sites excluding steroid dienone is 1.